The van der Waals surface area contributed by atoms with E-state index in [1.807, 2.05) is 18.2 Å². The predicted octanol–water partition coefficient (Wildman–Crippen LogP) is 2.73. The maximum absolute atomic E-state index is 12.8. The number of nitrogens with zero attached hydrogens (tertiary/aromatic N) is 1. The van der Waals surface area contributed by atoms with E-state index in [0.29, 0.717) is 12.8 Å². The number of carbonyl (C=O) groups excluding carboxylic acids is 2. The van der Waals surface area contributed by atoms with E-state index in [9.17, 15) is 9.59 Å². The summed E-state index contributed by atoms with van der Waals surface area (Å²) in [5, 5.41) is 0. The largest absolute Gasteiger partial charge is 0.468 e. The van der Waals surface area contributed by atoms with Crippen LogP contribution in [-0.4, -0.2) is 35.8 Å². The molecule has 2 heterocycles. The fraction of sp³-hybridized carbons (Fsp3) is 0.474. The van der Waals surface area contributed by atoms with Crippen LogP contribution < -0.4 is 0 Å². The van der Waals surface area contributed by atoms with E-state index >= 15 is 0 Å². The Bertz CT molecular complexity index is 612. The molecule has 2 aliphatic heterocycles. The molecule has 0 unspecified atom stereocenters. The fourth-order valence-electron chi connectivity index (χ4n) is 4.29. The predicted molar refractivity (Wildman–Crippen MR) is 87.7 cm³/mol. The average molecular weight is 313 g/mol. The minimum Gasteiger partial charge on any atom is -0.468 e. The molecule has 0 spiro atoms. The van der Waals surface area contributed by atoms with Crippen LogP contribution in [0.4, 0.5) is 0 Å². The van der Waals surface area contributed by atoms with Gasteiger partial charge in [0.05, 0.1) is 7.11 Å². The van der Waals surface area contributed by atoms with Crippen LogP contribution in [-0.2, 0) is 20.9 Å². The SMILES string of the molecule is C=CC[C@@]1(C(=O)OC)C(=O)C[C@H]2CC[C@@H]1N2Cc1ccccc1. The van der Waals surface area contributed by atoms with Crippen LogP contribution in [0.3, 0.4) is 0 Å². The highest BCUT2D eigenvalue weighted by atomic mass is 16.5. The second kappa shape index (κ2) is 6.28. The summed E-state index contributed by atoms with van der Waals surface area (Å²) < 4.78 is 5.03. The highest BCUT2D eigenvalue weighted by Gasteiger charge is 2.60. The Kier molecular flexibility index (Phi) is 4.35. The molecule has 1 aromatic rings. The topological polar surface area (TPSA) is 46.6 Å². The molecule has 0 saturated carbocycles. The van der Waals surface area contributed by atoms with Gasteiger partial charge in [-0.15, -0.1) is 6.58 Å². The van der Waals surface area contributed by atoms with E-state index in [1.165, 1.54) is 12.7 Å². The number of rotatable bonds is 5. The molecule has 2 saturated heterocycles. The van der Waals surface area contributed by atoms with E-state index in [2.05, 4.69) is 23.6 Å². The standard InChI is InChI=1S/C19H23NO3/c1-3-11-19(18(22)23-2)16-10-9-15(12-17(19)21)20(16)13-14-7-5-4-6-8-14/h3-8,15-16H,1,9-13H2,2H3/t15-,16+,19+/m1/s1. The number of ketones is 1. The quantitative estimate of drug-likeness (QED) is 0.476. The number of piperidine rings is 1. The lowest BCUT2D eigenvalue weighted by atomic mass is 9.70. The minimum absolute atomic E-state index is 0.0149. The zero-order valence-electron chi connectivity index (χ0n) is 13.5. The molecule has 0 aliphatic carbocycles. The average Bonchev–Trinajstić information content (AvgIpc) is 2.88. The number of fused-ring (bicyclic) bond motifs is 2. The molecule has 3 rings (SSSR count). The van der Waals surface area contributed by atoms with E-state index in [0.717, 1.165) is 19.4 Å². The third-order valence-electron chi connectivity index (χ3n) is 5.35. The molecule has 2 fully saturated rings. The number of carbonyl (C=O) groups is 2. The first-order valence-corrected chi connectivity index (χ1v) is 8.15. The number of hydrogen-bond acceptors (Lipinski definition) is 4. The van der Waals surface area contributed by atoms with Crippen molar-refractivity contribution >= 4 is 11.8 Å². The van der Waals surface area contributed by atoms with Crippen molar-refractivity contribution < 1.29 is 14.3 Å². The van der Waals surface area contributed by atoms with Gasteiger partial charge in [-0.3, -0.25) is 14.5 Å². The molecule has 0 radical (unpaired) electrons. The Balaban J connectivity index is 1.96. The summed E-state index contributed by atoms with van der Waals surface area (Å²) in [4.78, 5) is 27.7. The smallest absolute Gasteiger partial charge is 0.321 e. The van der Waals surface area contributed by atoms with Crippen LogP contribution in [0.1, 0.15) is 31.2 Å². The van der Waals surface area contributed by atoms with Gasteiger partial charge in [0, 0.05) is 25.0 Å². The van der Waals surface area contributed by atoms with Crippen LogP contribution in [0.2, 0.25) is 0 Å². The molecular weight excluding hydrogens is 290 g/mol. The highest BCUT2D eigenvalue weighted by Crippen LogP contribution is 2.48. The molecule has 0 amide bonds. The number of benzene rings is 1. The molecular formula is C19H23NO3. The summed E-state index contributed by atoms with van der Waals surface area (Å²) in [5.74, 6) is -0.396. The van der Waals surface area contributed by atoms with Gasteiger partial charge in [-0.1, -0.05) is 36.4 Å². The number of allylic oxidation sites excluding steroid dienone is 1. The molecule has 2 aliphatic rings. The first kappa shape index (κ1) is 15.9. The van der Waals surface area contributed by atoms with Crippen molar-refractivity contribution in [1.29, 1.82) is 0 Å². The molecule has 0 N–H and O–H groups in total. The van der Waals surface area contributed by atoms with E-state index < -0.39 is 11.4 Å². The van der Waals surface area contributed by atoms with Gasteiger partial charge in [-0.2, -0.15) is 0 Å². The highest BCUT2D eigenvalue weighted by molar-refractivity contribution is 6.06. The first-order chi connectivity index (χ1) is 11.1. The first-order valence-electron chi connectivity index (χ1n) is 8.15. The summed E-state index contributed by atoms with van der Waals surface area (Å²) in [5.41, 5.74) is 0.120. The Labute approximate surface area is 137 Å². The summed E-state index contributed by atoms with van der Waals surface area (Å²) in [6, 6.07) is 10.3. The van der Waals surface area contributed by atoms with Crippen molar-refractivity contribution in [3.63, 3.8) is 0 Å². The van der Waals surface area contributed by atoms with Crippen molar-refractivity contribution in [2.45, 2.75) is 44.3 Å². The number of hydrogen-bond donors (Lipinski definition) is 0. The lowest BCUT2D eigenvalue weighted by Gasteiger charge is -2.45. The van der Waals surface area contributed by atoms with Gasteiger partial charge in [0.2, 0.25) is 0 Å². The Morgan fingerprint density at radius 3 is 2.78 bits per heavy atom. The fourth-order valence-corrected chi connectivity index (χ4v) is 4.29. The van der Waals surface area contributed by atoms with Crippen LogP contribution in [0, 0.1) is 5.41 Å². The van der Waals surface area contributed by atoms with E-state index in [1.54, 1.807) is 6.08 Å². The number of ether oxygens (including phenoxy) is 1. The summed E-state index contributed by atoms with van der Waals surface area (Å²) >= 11 is 0. The Morgan fingerprint density at radius 1 is 1.39 bits per heavy atom. The number of esters is 1. The van der Waals surface area contributed by atoms with Crippen LogP contribution in [0.5, 0.6) is 0 Å². The summed E-state index contributed by atoms with van der Waals surface area (Å²) in [6.45, 7) is 4.53. The Hall–Kier alpha value is -1.94. The summed E-state index contributed by atoms with van der Waals surface area (Å²) in [6.07, 6.45) is 4.26. The van der Waals surface area contributed by atoms with Gasteiger partial charge < -0.3 is 4.74 Å². The zero-order chi connectivity index (χ0) is 16.4. The zero-order valence-corrected chi connectivity index (χ0v) is 13.5. The minimum atomic E-state index is -1.09. The maximum atomic E-state index is 12.8. The lowest BCUT2D eigenvalue weighted by Crippen LogP contribution is -2.60. The molecule has 2 bridgehead atoms. The molecule has 3 atom stereocenters. The lowest BCUT2D eigenvalue weighted by molar-refractivity contribution is -0.166. The summed E-state index contributed by atoms with van der Waals surface area (Å²) in [7, 11) is 1.36. The molecule has 4 heteroatoms. The van der Waals surface area contributed by atoms with Gasteiger partial charge in [0.1, 0.15) is 5.41 Å². The van der Waals surface area contributed by atoms with Crippen molar-refractivity contribution in [2.24, 2.45) is 5.41 Å². The van der Waals surface area contributed by atoms with Crippen molar-refractivity contribution in [2.75, 3.05) is 7.11 Å². The third kappa shape index (κ3) is 2.51. The normalized spacial score (nSPS) is 30.2. The molecule has 1 aromatic carbocycles. The van der Waals surface area contributed by atoms with Gasteiger partial charge in [-0.25, -0.2) is 0 Å². The van der Waals surface area contributed by atoms with Gasteiger partial charge in [0.25, 0.3) is 0 Å². The number of methoxy groups -OCH3 is 1. The second-order valence-corrected chi connectivity index (χ2v) is 6.49. The molecule has 4 nitrogen and oxygen atoms in total. The third-order valence-corrected chi connectivity index (χ3v) is 5.35. The van der Waals surface area contributed by atoms with Crippen LogP contribution in [0.25, 0.3) is 0 Å². The van der Waals surface area contributed by atoms with Crippen molar-refractivity contribution in [3.8, 4) is 0 Å². The van der Waals surface area contributed by atoms with Crippen LogP contribution in [0.15, 0.2) is 43.0 Å². The monoisotopic (exact) mass is 313 g/mol. The van der Waals surface area contributed by atoms with E-state index in [4.69, 9.17) is 4.74 Å². The molecule has 122 valence electrons. The van der Waals surface area contributed by atoms with Crippen LogP contribution >= 0.6 is 0 Å². The maximum Gasteiger partial charge on any atom is 0.321 e. The van der Waals surface area contributed by atoms with Gasteiger partial charge in [0.15, 0.2) is 5.78 Å². The van der Waals surface area contributed by atoms with Crippen molar-refractivity contribution in [3.05, 3.63) is 48.6 Å². The number of Topliss-reactive ketones (excluding diaryl/α,β-unsaturated/α-hetero) is 1. The van der Waals surface area contributed by atoms with Crippen molar-refractivity contribution in [1.82, 2.24) is 4.90 Å². The van der Waals surface area contributed by atoms with Gasteiger partial charge >= 0.3 is 5.97 Å². The second-order valence-electron chi connectivity index (χ2n) is 6.49. The molecule has 0 aromatic heterocycles. The Morgan fingerprint density at radius 2 is 2.13 bits per heavy atom. The van der Waals surface area contributed by atoms with E-state index in [-0.39, 0.29) is 17.9 Å². The molecule has 23 heavy (non-hydrogen) atoms. The van der Waals surface area contributed by atoms with Gasteiger partial charge in [-0.05, 0) is 24.8 Å².